The van der Waals surface area contributed by atoms with Gasteiger partial charge in [0, 0.05) is 28.3 Å². The minimum absolute atomic E-state index is 0.368. The molecule has 0 radical (unpaired) electrons. The molecule has 0 saturated carbocycles. The predicted octanol–water partition coefficient (Wildman–Crippen LogP) is 4.66. The van der Waals surface area contributed by atoms with Crippen molar-refractivity contribution in [3.63, 3.8) is 0 Å². The third-order valence-corrected chi connectivity index (χ3v) is 3.09. The van der Waals surface area contributed by atoms with Gasteiger partial charge in [-0.2, -0.15) is 0 Å². The van der Waals surface area contributed by atoms with Crippen molar-refractivity contribution < 1.29 is 4.39 Å². The molecule has 19 heavy (non-hydrogen) atoms. The zero-order valence-corrected chi connectivity index (χ0v) is 12.2. The minimum Gasteiger partial charge on any atom is -0.385 e. The highest BCUT2D eigenvalue weighted by Crippen LogP contribution is 2.29. The van der Waals surface area contributed by atoms with Crippen molar-refractivity contribution in [2.45, 2.75) is 27.2 Å². The van der Waals surface area contributed by atoms with Crippen molar-refractivity contribution in [1.82, 2.24) is 4.98 Å². The van der Waals surface area contributed by atoms with Crippen LogP contribution >= 0.6 is 11.6 Å². The SMILES string of the molecule is CCNc1cc(CC(C)C)nc2c(F)cc(Cl)cc12. The molecule has 1 N–H and O–H groups in total. The largest absolute Gasteiger partial charge is 0.385 e. The molecule has 2 aromatic rings. The maximum atomic E-state index is 14.0. The molecule has 0 spiro atoms. The Hall–Kier alpha value is -1.35. The van der Waals surface area contributed by atoms with E-state index in [1.807, 2.05) is 13.0 Å². The average molecular weight is 281 g/mol. The van der Waals surface area contributed by atoms with Gasteiger partial charge in [-0.3, -0.25) is 0 Å². The number of pyridine rings is 1. The maximum absolute atomic E-state index is 14.0. The normalized spacial score (nSPS) is 11.3. The zero-order chi connectivity index (χ0) is 14.0. The second-order valence-corrected chi connectivity index (χ2v) is 5.51. The number of nitrogens with zero attached hydrogens (tertiary/aromatic N) is 1. The van der Waals surface area contributed by atoms with Gasteiger partial charge >= 0.3 is 0 Å². The summed E-state index contributed by atoms with van der Waals surface area (Å²) in [5.74, 6) is 0.113. The molecule has 1 aromatic heterocycles. The molecule has 0 aliphatic carbocycles. The smallest absolute Gasteiger partial charge is 0.150 e. The van der Waals surface area contributed by atoms with E-state index in [1.54, 1.807) is 6.07 Å². The van der Waals surface area contributed by atoms with Gasteiger partial charge in [0.05, 0.1) is 0 Å². The third-order valence-electron chi connectivity index (χ3n) is 2.87. The lowest BCUT2D eigenvalue weighted by molar-refractivity contribution is 0.625. The van der Waals surface area contributed by atoms with E-state index in [0.29, 0.717) is 16.5 Å². The Labute approximate surface area is 118 Å². The standard InChI is InChI=1S/C15H18ClFN2/c1-4-18-14-8-11(5-9(2)3)19-15-12(14)6-10(16)7-13(15)17/h6-9H,4-5H2,1-3H3,(H,18,19). The fraction of sp³-hybridized carbons (Fsp3) is 0.400. The van der Waals surface area contributed by atoms with E-state index < -0.39 is 0 Å². The van der Waals surface area contributed by atoms with Crippen LogP contribution in [0.4, 0.5) is 10.1 Å². The number of aromatic nitrogens is 1. The van der Waals surface area contributed by atoms with Gasteiger partial charge in [-0.05, 0) is 37.5 Å². The molecule has 0 amide bonds. The molecule has 0 atom stereocenters. The van der Waals surface area contributed by atoms with Crippen LogP contribution in [-0.4, -0.2) is 11.5 Å². The van der Waals surface area contributed by atoms with Crippen molar-refractivity contribution in [2.24, 2.45) is 5.92 Å². The second kappa shape index (κ2) is 5.74. The van der Waals surface area contributed by atoms with Crippen LogP contribution in [0.3, 0.4) is 0 Å². The molecule has 1 heterocycles. The van der Waals surface area contributed by atoms with Crippen LogP contribution in [0, 0.1) is 11.7 Å². The lowest BCUT2D eigenvalue weighted by Gasteiger charge is -2.12. The first kappa shape index (κ1) is 14.1. The molecule has 1 aromatic carbocycles. The van der Waals surface area contributed by atoms with Crippen molar-refractivity contribution >= 4 is 28.2 Å². The Morgan fingerprint density at radius 1 is 1.32 bits per heavy atom. The van der Waals surface area contributed by atoms with Gasteiger partial charge in [0.25, 0.3) is 0 Å². The van der Waals surface area contributed by atoms with Crippen LogP contribution in [0.2, 0.25) is 5.02 Å². The van der Waals surface area contributed by atoms with Crippen LogP contribution in [-0.2, 0) is 6.42 Å². The summed E-state index contributed by atoms with van der Waals surface area (Å²) in [6, 6.07) is 5.05. The monoisotopic (exact) mass is 280 g/mol. The number of anilines is 1. The number of benzene rings is 1. The van der Waals surface area contributed by atoms with Gasteiger partial charge in [-0.15, -0.1) is 0 Å². The van der Waals surface area contributed by atoms with Crippen LogP contribution in [0.5, 0.6) is 0 Å². The van der Waals surface area contributed by atoms with E-state index in [1.165, 1.54) is 6.07 Å². The molecule has 2 rings (SSSR count). The van der Waals surface area contributed by atoms with Crippen LogP contribution < -0.4 is 5.32 Å². The summed E-state index contributed by atoms with van der Waals surface area (Å²) < 4.78 is 14.0. The number of fused-ring (bicyclic) bond motifs is 1. The molecule has 0 fully saturated rings. The highest BCUT2D eigenvalue weighted by Gasteiger charge is 2.11. The zero-order valence-electron chi connectivity index (χ0n) is 11.4. The highest BCUT2D eigenvalue weighted by atomic mass is 35.5. The van der Waals surface area contributed by atoms with E-state index in [9.17, 15) is 4.39 Å². The van der Waals surface area contributed by atoms with Gasteiger partial charge in [-0.1, -0.05) is 25.4 Å². The first-order valence-corrected chi connectivity index (χ1v) is 6.91. The lowest BCUT2D eigenvalue weighted by Crippen LogP contribution is -2.04. The summed E-state index contributed by atoms with van der Waals surface area (Å²) in [4.78, 5) is 4.43. The molecular formula is C15H18ClFN2. The fourth-order valence-electron chi connectivity index (χ4n) is 2.16. The number of hydrogen-bond donors (Lipinski definition) is 1. The first-order chi connectivity index (χ1) is 9.01. The Morgan fingerprint density at radius 3 is 2.68 bits per heavy atom. The van der Waals surface area contributed by atoms with Crippen molar-refractivity contribution in [3.05, 3.63) is 34.7 Å². The summed E-state index contributed by atoms with van der Waals surface area (Å²) in [5, 5.41) is 4.38. The van der Waals surface area contributed by atoms with E-state index in [2.05, 4.69) is 24.1 Å². The van der Waals surface area contributed by atoms with Gasteiger partial charge in [0.1, 0.15) is 5.52 Å². The molecule has 0 unspecified atom stereocenters. The van der Waals surface area contributed by atoms with Crippen molar-refractivity contribution in [1.29, 1.82) is 0 Å². The molecule has 4 heteroatoms. The number of hydrogen-bond acceptors (Lipinski definition) is 2. The number of nitrogens with one attached hydrogen (secondary N) is 1. The number of halogens is 2. The summed E-state index contributed by atoms with van der Waals surface area (Å²) in [5.41, 5.74) is 2.18. The van der Waals surface area contributed by atoms with E-state index in [4.69, 9.17) is 11.6 Å². The molecule has 2 nitrogen and oxygen atoms in total. The van der Waals surface area contributed by atoms with Crippen LogP contribution in [0.25, 0.3) is 10.9 Å². The van der Waals surface area contributed by atoms with E-state index in [-0.39, 0.29) is 5.82 Å². The van der Waals surface area contributed by atoms with Crippen molar-refractivity contribution in [2.75, 3.05) is 11.9 Å². The molecular weight excluding hydrogens is 263 g/mol. The Morgan fingerprint density at radius 2 is 2.05 bits per heavy atom. The average Bonchev–Trinajstić information content (AvgIpc) is 2.30. The Kier molecular flexibility index (Phi) is 4.25. The maximum Gasteiger partial charge on any atom is 0.150 e. The van der Waals surface area contributed by atoms with Gasteiger partial charge in [0.15, 0.2) is 5.82 Å². The summed E-state index contributed by atoms with van der Waals surface area (Å²) in [7, 11) is 0. The minimum atomic E-state index is -0.368. The summed E-state index contributed by atoms with van der Waals surface area (Å²) >= 11 is 5.92. The molecule has 0 bridgehead atoms. The molecule has 0 aliphatic rings. The van der Waals surface area contributed by atoms with Gasteiger partial charge in [-0.25, -0.2) is 9.37 Å². The lowest BCUT2D eigenvalue weighted by atomic mass is 10.1. The molecule has 0 saturated heterocycles. The first-order valence-electron chi connectivity index (χ1n) is 6.53. The Balaban J connectivity index is 2.64. The van der Waals surface area contributed by atoms with Gasteiger partial charge in [0.2, 0.25) is 0 Å². The van der Waals surface area contributed by atoms with E-state index >= 15 is 0 Å². The number of rotatable bonds is 4. The van der Waals surface area contributed by atoms with Crippen LogP contribution in [0.1, 0.15) is 26.5 Å². The summed E-state index contributed by atoms with van der Waals surface area (Å²) in [6.07, 6.45) is 0.830. The second-order valence-electron chi connectivity index (χ2n) is 5.07. The Bertz CT molecular complexity index is 596. The third kappa shape index (κ3) is 3.16. The molecule has 0 aliphatic heterocycles. The topological polar surface area (TPSA) is 24.9 Å². The fourth-order valence-corrected chi connectivity index (χ4v) is 2.37. The predicted molar refractivity (Wildman–Crippen MR) is 79.4 cm³/mol. The molecule has 102 valence electrons. The van der Waals surface area contributed by atoms with E-state index in [0.717, 1.165) is 29.7 Å². The van der Waals surface area contributed by atoms with Crippen molar-refractivity contribution in [3.8, 4) is 0 Å². The quantitative estimate of drug-likeness (QED) is 0.881. The summed E-state index contributed by atoms with van der Waals surface area (Å²) in [6.45, 7) is 7.03. The van der Waals surface area contributed by atoms with Gasteiger partial charge < -0.3 is 5.32 Å². The highest BCUT2D eigenvalue weighted by molar-refractivity contribution is 6.31. The van der Waals surface area contributed by atoms with Crippen LogP contribution in [0.15, 0.2) is 18.2 Å².